The van der Waals surface area contributed by atoms with Crippen molar-refractivity contribution in [2.45, 2.75) is 39.5 Å². The quantitative estimate of drug-likeness (QED) is 0.659. The van der Waals surface area contributed by atoms with Crippen molar-refractivity contribution in [2.24, 2.45) is 0 Å². The Hall–Kier alpha value is -1.20. The molecular weight excluding hydrogens is 252 g/mol. The van der Waals surface area contributed by atoms with Gasteiger partial charge in [0.15, 0.2) is 0 Å². The van der Waals surface area contributed by atoms with Gasteiger partial charge in [0.2, 0.25) is 0 Å². The lowest BCUT2D eigenvalue weighted by atomic mass is 9.92. The molecule has 0 bridgehead atoms. The lowest BCUT2D eigenvalue weighted by molar-refractivity contribution is 0.112. The van der Waals surface area contributed by atoms with Gasteiger partial charge in [0.05, 0.1) is 0 Å². The third-order valence-electron chi connectivity index (χ3n) is 2.70. The van der Waals surface area contributed by atoms with Gasteiger partial charge >= 0.3 is 11.4 Å². The van der Waals surface area contributed by atoms with Gasteiger partial charge in [0, 0.05) is 5.56 Å². The first-order chi connectivity index (χ1) is 8.36. The van der Waals surface area contributed by atoms with Crippen LogP contribution >= 0.6 is 0 Å². The van der Waals surface area contributed by atoms with E-state index in [-0.39, 0.29) is 11.8 Å². The minimum Gasteiger partial charge on any atom is -0.380 e. The van der Waals surface area contributed by atoms with Crippen LogP contribution in [0.25, 0.3) is 0 Å². The summed E-state index contributed by atoms with van der Waals surface area (Å²) in [5, 5.41) is 0. The minimum absolute atomic E-state index is 0.0981. The van der Waals surface area contributed by atoms with E-state index in [2.05, 4.69) is 0 Å². The van der Waals surface area contributed by atoms with E-state index in [9.17, 15) is 9.00 Å². The van der Waals surface area contributed by atoms with Crippen molar-refractivity contribution in [1.82, 2.24) is 0 Å². The first kappa shape index (κ1) is 14.9. The second-order valence-electron chi connectivity index (χ2n) is 4.76. The highest BCUT2D eigenvalue weighted by Gasteiger charge is 2.18. The van der Waals surface area contributed by atoms with Crippen LogP contribution in [0.2, 0.25) is 0 Å². The molecule has 0 amide bonds. The summed E-state index contributed by atoms with van der Waals surface area (Å²) in [6.07, 6.45) is 0.775. The maximum Gasteiger partial charge on any atom is 0.357 e. The van der Waals surface area contributed by atoms with Crippen LogP contribution in [0.3, 0.4) is 0 Å². The lowest BCUT2D eigenvalue weighted by Crippen LogP contribution is -2.07. The summed E-state index contributed by atoms with van der Waals surface area (Å²) in [7, 11) is 0. The number of carbonyl (C=O) groups is 1. The number of benzene rings is 1. The third kappa shape index (κ3) is 3.40. The summed E-state index contributed by atoms with van der Waals surface area (Å²) >= 11 is -2.37. The molecule has 1 aromatic carbocycles. The average molecular weight is 270 g/mol. The molecule has 0 radical (unpaired) electrons. The average Bonchev–Trinajstić information content (AvgIpc) is 2.27. The Morgan fingerprint density at radius 1 is 1.17 bits per heavy atom. The van der Waals surface area contributed by atoms with Crippen LogP contribution < -0.4 is 4.18 Å². The van der Waals surface area contributed by atoms with Crippen molar-refractivity contribution in [3.63, 3.8) is 0 Å². The molecular formula is C13H18O4S. The molecule has 0 fully saturated rings. The molecule has 1 atom stereocenters. The molecule has 0 saturated carbocycles. The molecule has 5 heteroatoms. The van der Waals surface area contributed by atoms with Gasteiger partial charge in [-0.05, 0) is 35.1 Å². The van der Waals surface area contributed by atoms with Crippen LogP contribution in [0.4, 0.5) is 0 Å². The van der Waals surface area contributed by atoms with Crippen molar-refractivity contribution in [1.29, 1.82) is 0 Å². The van der Waals surface area contributed by atoms with Crippen LogP contribution in [0.1, 0.15) is 61.0 Å². The SMILES string of the molecule is CC(C)c1cc(C=O)cc(C(C)C)c1OS(=O)O. The first-order valence-electron chi connectivity index (χ1n) is 5.79. The van der Waals surface area contributed by atoms with Crippen LogP contribution in [0.15, 0.2) is 12.1 Å². The van der Waals surface area contributed by atoms with Crippen molar-refractivity contribution in [3.8, 4) is 5.75 Å². The monoisotopic (exact) mass is 270 g/mol. The van der Waals surface area contributed by atoms with E-state index < -0.39 is 11.4 Å². The lowest BCUT2D eigenvalue weighted by Gasteiger charge is -2.18. The van der Waals surface area contributed by atoms with E-state index in [1.165, 1.54) is 0 Å². The molecule has 0 aliphatic carbocycles. The standard InChI is InChI=1S/C13H18O4S/c1-8(2)11-5-10(7-14)6-12(9(3)4)13(11)17-18(15)16/h5-9H,1-4H3,(H,15,16). The number of rotatable bonds is 5. The fourth-order valence-electron chi connectivity index (χ4n) is 1.79. The summed E-state index contributed by atoms with van der Waals surface area (Å²) in [5.74, 6) is 0.605. The van der Waals surface area contributed by atoms with E-state index in [4.69, 9.17) is 8.74 Å². The number of carbonyl (C=O) groups excluding carboxylic acids is 1. The summed E-state index contributed by atoms with van der Waals surface area (Å²) < 4.78 is 24.8. The van der Waals surface area contributed by atoms with E-state index in [1.807, 2.05) is 27.7 Å². The molecule has 4 nitrogen and oxygen atoms in total. The van der Waals surface area contributed by atoms with E-state index >= 15 is 0 Å². The van der Waals surface area contributed by atoms with Crippen LogP contribution in [-0.4, -0.2) is 15.0 Å². The molecule has 0 saturated heterocycles. The van der Waals surface area contributed by atoms with E-state index in [0.717, 1.165) is 17.4 Å². The van der Waals surface area contributed by atoms with Gasteiger partial charge < -0.3 is 4.18 Å². The predicted molar refractivity (Wildman–Crippen MR) is 71.4 cm³/mol. The summed E-state index contributed by atoms with van der Waals surface area (Å²) in [6.45, 7) is 7.78. The Labute approximate surface area is 110 Å². The van der Waals surface area contributed by atoms with Crippen molar-refractivity contribution < 1.29 is 17.7 Å². The Morgan fingerprint density at radius 3 is 1.89 bits per heavy atom. The Morgan fingerprint density at radius 2 is 1.61 bits per heavy atom. The highest BCUT2D eigenvalue weighted by Crippen LogP contribution is 2.36. The molecule has 0 heterocycles. The molecule has 18 heavy (non-hydrogen) atoms. The normalized spacial score (nSPS) is 12.8. The van der Waals surface area contributed by atoms with Gasteiger partial charge in [-0.15, -0.1) is 0 Å². The molecule has 1 rings (SSSR count). The molecule has 100 valence electrons. The minimum atomic E-state index is -2.37. The van der Waals surface area contributed by atoms with E-state index in [1.54, 1.807) is 12.1 Å². The largest absolute Gasteiger partial charge is 0.380 e. The number of hydrogen-bond donors (Lipinski definition) is 1. The van der Waals surface area contributed by atoms with Crippen LogP contribution in [-0.2, 0) is 11.4 Å². The van der Waals surface area contributed by atoms with Crippen molar-refractivity contribution in [3.05, 3.63) is 28.8 Å². The Balaban J connectivity index is 3.49. The van der Waals surface area contributed by atoms with Crippen LogP contribution in [0, 0.1) is 0 Å². The fourth-order valence-corrected chi connectivity index (χ4v) is 2.13. The predicted octanol–water partition coefficient (Wildman–Crippen LogP) is 3.26. The molecule has 0 aliphatic rings. The maximum atomic E-state index is 10.9. The highest BCUT2D eigenvalue weighted by atomic mass is 32.2. The summed E-state index contributed by atoms with van der Waals surface area (Å²) in [6, 6.07) is 3.40. The first-order valence-corrected chi connectivity index (χ1v) is 6.82. The molecule has 1 aromatic rings. The topological polar surface area (TPSA) is 63.6 Å². The summed E-state index contributed by atoms with van der Waals surface area (Å²) in [5.41, 5.74) is 2.09. The van der Waals surface area contributed by atoms with Gasteiger partial charge in [-0.25, -0.2) is 0 Å². The Bertz CT molecular complexity index is 437. The number of hydrogen-bond acceptors (Lipinski definition) is 3. The van der Waals surface area contributed by atoms with Gasteiger partial charge in [-0.1, -0.05) is 27.7 Å². The maximum absolute atomic E-state index is 10.9. The number of aldehydes is 1. The second kappa shape index (κ2) is 6.11. The second-order valence-corrected chi connectivity index (χ2v) is 5.36. The molecule has 0 aromatic heterocycles. The zero-order valence-corrected chi connectivity index (χ0v) is 11.8. The van der Waals surface area contributed by atoms with Crippen molar-refractivity contribution >= 4 is 17.6 Å². The highest BCUT2D eigenvalue weighted by molar-refractivity contribution is 7.74. The van der Waals surface area contributed by atoms with Gasteiger partial charge in [0.25, 0.3) is 0 Å². The van der Waals surface area contributed by atoms with Gasteiger partial charge in [0.1, 0.15) is 12.0 Å². The van der Waals surface area contributed by atoms with E-state index in [0.29, 0.717) is 11.3 Å². The summed E-state index contributed by atoms with van der Waals surface area (Å²) in [4.78, 5) is 10.9. The zero-order valence-electron chi connectivity index (χ0n) is 11.0. The molecule has 0 spiro atoms. The van der Waals surface area contributed by atoms with Crippen molar-refractivity contribution in [2.75, 3.05) is 0 Å². The van der Waals surface area contributed by atoms with Gasteiger partial charge in [-0.2, -0.15) is 4.21 Å². The molecule has 1 N–H and O–H groups in total. The fraction of sp³-hybridized carbons (Fsp3) is 0.462. The van der Waals surface area contributed by atoms with Gasteiger partial charge in [-0.3, -0.25) is 9.35 Å². The molecule has 1 unspecified atom stereocenters. The smallest absolute Gasteiger partial charge is 0.357 e. The Kier molecular flexibility index (Phi) is 5.04. The van der Waals surface area contributed by atoms with Crippen LogP contribution in [0.5, 0.6) is 5.75 Å². The zero-order chi connectivity index (χ0) is 13.9. The molecule has 0 aliphatic heterocycles. The third-order valence-corrected chi connectivity index (χ3v) is 3.01.